The SMILES string of the molecule is Cc1ccc(C(=O)Nc2nc3ccc(N)cc3s2)cc1O. The van der Waals surface area contributed by atoms with E-state index in [4.69, 9.17) is 5.73 Å². The molecule has 4 N–H and O–H groups in total. The summed E-state index contributed by atoms with van der Waals surface area (Å²) in [4.78, 5) is 16.5. The highest BCUT2D eigenvalue weighted by molar-refractivity contribution is 7.22. The van der Waals surface area contributed by atoms with E-state index in [0.29, 0.717) is 16.4 Å². The van der Waals surface area contributed by atoms with E-state index in [0.717, 1.165) is 15.8 Å². The van der Waals surface area contributed by atoms with E-state index in [1.807, 2.05) is 12.1 Å². The number of fused-ring (bicyclic) bond motifs is 1. The lowest BCUT2D eigenvalue weighted by Crippen LogP contribution is -2.11. The van der Waals surface area contributed by atoms with Crippen LogP contribution in [-0.2, 0) is 0 Å². The van der Waals surface area contributed by atoms with Crippen LogP contribution >= 0.6 is 11.3 Å². The Morgan fingerprint density at radius 1 is 1.29 bits per heavy atom. The summed E-state index contributed by atoms with van der Waals surface area (Å²) in [5.74, 6) is -0.211. The molecule has 0 aliphatic heterocycles. The number of benzene rings is 2. The quantitative estimate of drug-likeness (QED) is 0.634. The minimum absolute atomic E-state index is 0.0970. The molecule has 0 spiro atoms. The van der Waals surface area contributed by atoms with Crippen LogP contribution in [0.2, 0.25) is 0 Å². The summed E-state index contributed by atoms with van der Waals surface area (Å²) < 4.78 is 0.914. The van der Waals surface area contributed by atoms with Crippen molar-refractivity contribution >= 4 is 38.3 Å². The van der Waals surface area contributed by atoms with Gasteiger partial charge in [0, 0.05) is 11.3 Å². The topological polar surface area (TPSA) is 88.2 Å². The zero-order valence-corrected chi connectivity index (χ0v) is 12.1. The van der Waals surface area contributed by atoms with Gasteiger partial charge in [0.2, 0.25) is 0 Å². The number of aromatic hydroxyl groups is 1. The normalized spacial score (nSPS) is 10.7. The maximum Gasteiger partial charge on any atom is 0.257 e. The van der Waals surface area contributed by atoms with Gasteiger partial charge in [0.15, 0.2) is 5.13 Å². The van der Waals surface area contributed by atoms with E-state index in [1.54, 1.807) is 25.1 Å². The molecule has 6 heteroatoms. The number of carbonyl (C=O) groups excluding carboxylic acids is 1. The Kier molecular flexibility index (Phi) is 3.23. The summed E-state index contributed by atoms with van der Waals surface area (Å²) in [6.07, 6.45) is 0. The van der Waals surface area contributed by atoms with Crippen LogP contribution in [0.15, 0.2) is 36.4 Å². The lowest BCUT2D eigenvalue weighted by atomic mass is 10.1. The number of phenols is 1. The number of nitrogen functional groups attached to an aromatic ring is 1. The number of amides is 1. The fraction of sp³-hybridized carbons (Fsp3) is 0.0667. The van der Waals surface area contributed by atoms with Gasteiger partial charge in [0.25, 0.3) is 5.91 Å². The molecule has 106 valence electrons. The van der Waals surface area contributed by atoms with Crippen molar-refractivity contribution in [3.05, 3.63) is 47.5 Å². The lowest BCUT2D eigenvalue weighted by Gasteiger charge is -2.03. The molecule has 3 rings (SSSR count). The van der Waals surface area contributed by atoms with Crippen molar-refractivity contribution in [2.24, 2.45) is 0 Å². The van der Waals surface area contributed by atoms with Gasteiger partial charge in [-0.3, -0.25) is 10.1 Å². The molecular weight excluding hydrogens is 286 g/mol. The Labute approximate surface area is 125 Å². The number of nitrogens with zero attached hydrogens (tertiary/aromatic N) is 1. The fourth-order valence-corrected chi connectivity index (χ4v) is 2.82. The van der Waals surface area contributed by atoms with Crippen molar-refractivity contribution in [1.29, 1.82) is 0 Å². The van der Waals surface area contributed by atoms with Gasteiger partial charge in [-0.1, -0.05) is 17.4 Å². The molecule has 0 saturated carbocycles. The molecule has 0 unspecified atom stereocenters. The number of thiazole rings is 1. The average Bonchev–Trinajstić information content (AvgIpc) is 2.83. The largest absolute Gasteiger partial charge is 0.508 e. The molecule has 0 bridgehead atoms. The first-order chi connectivity index (χ1) is 10.0. The molecule has 5 nitrogen and oxygen atoms in total. The molecule has 0 saturated heterocycles. The van der Waals surface area contributed by atoms with Crippen molar-refractivity contribution in [3.63, 3.8) is 0 Å². The van der Waals surface area contributed by atoms with Crippen LogP contribution in [0.3, 0.4) is 0 Å². The van der Waals surface area contributed by atoms with Crippen LogP contribution in [0.4, 0.5) is 10.8 Å². The zero-order valence-electron chi connectivity index (χ0n) is 11.3. The van der Waals surface area contributed by atoms with Crippen LogP contribution < -0.4 is 11.1 Å². The fourth-order valence-electron chi connectivity index (χ4n) is 1.91. The average molecular weight is 299 g/mol. The van der Waals surface area contributed by atoms with E-state index in [2.05, 4.69) is 10.3 Å². The first-order valence-corrected chi connectivity index (χ1v) is 7.11. The van der Waals surface area contributed by atoms with Crippen molar-refractivity contribution < 1.29 is 9.90 Å². The Balaban J connectivity index is 1.87. The minimum atomic E-state index is -0.308. The van der Waals surface area contributed by atoms with Crippen molar-refractivity contribution in [3.8, 4) is 5.75 Å². The van der Waals surface area contributed by atoms with Crippen molar-refractivity contribution in [2.45, 2.75) is 6.92 Å². The van der Waals surface area contributed by atoms with Crippen LogP contribution in [0.1, 0.15) is 15.9 Å². The van der Waals surface area contributed by atoms with E-state index in [9.17, 15) is 9.90 Å². The second-order valence-electron chi connectivity index (χ2n) is 4.70. The van der Waals surface area contributed by atoms with E-state index >= 15 is 0 Å². The smallest absolute Gasteiger partial charge is 0.257 e. The molecule has 1 aromatic heterocycles. The molecular formula is C15H13N3O2S. The van der Waals surface area contributed by atoms with E-state index < -0.39 is 0 Å². The maximum atomic E-state index is 12.1. The van der Waals surface area contributed by atoms with Gasteiger partial charge < -0.3 is 10.8 Å². The molecule has 0 fully saturated rings. The summed E-state index contributed by atoms with van der Waals surface area (Å²) in [6, 6.07) is 10.2. The van der Waals surface area contributed by atoms with Crippen molar-refractivity contribution in [1.82, 2.24) is 4.98 Å². The number of anilines is 2. The summed E-state index contributed by atoms with van der Waals surface area (Å²) in [5.41, 5.74) is 8.28. The molecule has 0 radical (unpaired) electrons. The first-order valence-electron chi connectivity index (χ1n) is 6.30. The molecule has 3 aromatic rings. The summed E-state index contributed by atoms with van der Waals surface area (Å²) >= 11 is 1.36. The highest BCUT2D eigenvalue weighted by Gasteiger charge is 2.11. The number of nitrogens with two attached hydrogens (primary N) is 1. The van der Waals surface area contributed by atoms with Crippen LogP contribution in [0, 0.1) is 6.92 Å². The van der Waals surface area contributed by atoms with E-state index in [1.165, 1.54) is 17.4 Å². The zero-order chi connectivity index (χ0) is 15.0. The van der Waals surface area contributed by atoms with Gasteiger partial charge in [0.1, 0.15) is 5.75 Å². The highest BCUT2D eigenvalue weighted by Crippen LogP contribution is 2.28. The highest BCUT2D eigenvalue weighted by atomic mass is 32.1. The number of hydrogen-bond acceptors (Lipinski definition) is 5. The third kappa shape index (κ3) is 2.66. The van der Waals surface area contributed by atoms with Gasteiger partial charge in [-0.2, -0.15) is 0 Å². The molecule has 21 heavy (non-hydrogen) atoms. The number of hydrogen-bond donors (Lipinski definition) is 3. The number of aryl methyl sites for hydroxylation is 1. The minimum Gasteiger partial charge on any atom is -0.508 e. The molecule has 2 aromatic carbocycles. The predicted octanol–water partition coefficient (Wildman–Crippen LogP) is 3.14. The van der Waals surface area contributed by atoms with Crippen LogP contribution in [-0.4, -0.2) is 16.0 Å². The Morgan fingerprint density at radius 2 is 2.10 bits per heavy atom. The Hall–Kier alpha value is -2.60. The third-order valence-electron chi connectivity index (χ3n) is 3.10. The molecule has 1 heterocycles. The van der Waals surface area contributed by atoms with Gasteiger partial charge in [0.05, 0.1) is 10.2 Å². The van der Waals surface area contributed by atoms with Crippen molar-refractivity contribution in [2.75, 3.05) is 11.1 Å². The van der Waals surface area contributed by atoms with Crippen LogP contribution in [0.25, 0.3) is 10.2 Å². The number of nitrogens with one attached hydrogen (secondary N) is 1. The van der Waals surface area contributed by atoms with Gasteiger partial charge in [-0.25, -0.2) is 4.98 Å². The number of phenolic OH excluding ortho intramolecular Hbond substituents is 1. The Morgan fingerprint density at radius 3 is 2.86 bits per heavy atom. The monoisotopic (exact) mass is 299 g/mol. The molecule has 0 aliphatic carbocycles. The summed E-state index contributed by atoms with van der Waals surface area (Å²) in [5, 5.41) is 12.9. The van der Waals surface area contributed by atoms with Gasteiger partial charge in [-0.05, 0) is 42.8 Å². The lowest BCUT2D eigenvalue weighted by molar-refractivity contribution is 0.102. The molecule has 0 aliphatic rings. The maximum absolute atomic E-state index is 12.1. The second kappa shape index (κ2) is 5.06. The summed E-state index contributed by atoms with van der Waals surface area (Å²) in [6.45, 7) is 1.77. The Bertz CT molecular complexity index is 842. The first kappa shape index (κ1) is 13.4. The van der Waals surface area contributed by atoms with Crippen LogP contribution in [0.5, 0.6) is 5.75 Å². The standard InChI is InChI=1S/C15H13N3O2S/c1-8-2-3-9(6-12(8)19)14(20)18-15-17-11-5-4-10(16)7-13(11)21-15/h2-7,19H,16H2,1H3,(H,17,18,20). The number of carbonyl (C=O) groups is 1. The van der Waals surface area contributed by atoms with Gasteiger partial charge >= 0.3 is 0 Å². The third-order valence-corrected chi connectivity index (χ3v) is 4.04. The predicted molar refractivity (Wildman–Crippen MR) is 84.8 cm³/mol. The summed E-state index contributed by atoms with van der Waals surface area (Å²) in [7, 11) is 0. The van der Waals surface area contributed by atoms with Gasteiger partial charge in [-0.15, -0.1) is 0 Å². The molecule has 1 amide bonds. The number of aromatic nitrogens is 1. The number of rotatable bonds is 2. The van der Waals surface area contributed by atoms with E-state index in [-0.39, 0.29) is 11.7 Å². The second-order valence-corrected chi connectivity index (χ2v) is 5.73. The molecule has 0 atom stereocenters.